The molecule has 1 aromatic carbocycles. The molecule has 3 nitrogen and oxygen atoms in total. The average molecular weight is 272 g/mol. The summed E-state index contributed by atoms with van der Waals surface area (Å²) in [5, 5.41) is 12.3. The second-order valence-electron chi connectivity index (χ2n) is 4.56. The number of phenolic OH excluding ortho intramolecular Hbond substituents is 1. The molecule has 1 fully saturated rings. The van der Waals surface area contributed by atoms with Gasteiger partial charge in [-0.1, -0.05) is 12.5 Å². The Hall–Kier alpha value is -1.29. The lowest BCUT2D eigenvalue weighted by molar-refractivity contribution is 0.0923. The number of carbonyl (C=O) groups is 1. The van der Waals surface area contributed by atoms with Crippen molar-refractivity contribution in [3.05, 3.63) is 29.6 Å². The zero-order chi connectivity index (χ0) is 13.1. The maximum atomic E-state index is 13.5. The van der Waals surface area contributed by atoms with Gasteiger partial charge in [-0.25, -0.2) is 4.39 Å². The van der Waals surface area contributed by atoms with Gasteiger partial charge >= 0.3 is 0 Å². The maximum Gasteiger partial charge on any atom is 0.258 e. The summed E-state index contributed by atoms with van der Waals surface area (Å²) in [7, 11) is 0. The number of hydrogen-bond donors (Lipinski definition) is 2. The van der Waals surface area contributed by atoms with Crippen molar-refractivity contribution in [2.24, 2.45) is 5.92 Å². The lowest BCUT2D eigenvalue weighted by Gasteiger charge is -2.19. The second kappa shape index (κ2) is 5.57. The van der Waals surface area contributed by atoms with Gasteiger partial charge in [0.2, 0.25) is 0 Å². The predicted octanol–water partition coefficient (Wildman–Crippen LogP) is 2.67. The van der Waals surface area contributed by atoms with Crippen LogP contribution in [0.4, 0.5) is 4.39 Å². The largest absolute Gasteiger partial charge is 0.507 e. The molecule has 1 aromatic rings. The number of nitrogens with one attached hydrogen (secondary N) is 1. The van der Waals surface area contributed by atoms with Gasteiger partial charge in [0.15, 0.2) is 0 Å². The van der Waals surface area contributed by atoms with Gasteiger partial charge in [-0.05, 0) is 30.9 Å². The SMILES string of the molecule is O=C(NC1CCCC1CCl)c1c(O)cccc1F. The van der Waals surface area contributed by atoms with Crippen LogP contribution >= 0.6 is 11.6 Å². The minimum atomic E-state index is -0.715. The van der Waals surface area contributed by atoms with E-state index in [4.69, 9.17) is 11.6 Å². The molecule has 0 aromatic heterocycles. The lowest BCUT2D eigenvalue weighted by Crippen LogP contribution is -2.38. The van der Waals surface area contributed by atoms with Gasteiger partial charge in [-0.3, -0.25) is 4.79 Å². The van der Waals surface area contributed by atoms with Crippen molar-refractivity contribution in [3.63, 3.8) is 0 Å². The van der Waals surface area contributed by atoms with E-state index in [0.29, 0.717) is 5.88 Å². The van der Waals surface area contributed by atoms with Crippen LogP contribution in [-0.2, 0) is 0 Å². The van der Waals surface area contributed by atoms with Crippen molar-refractivity contribution < 1.29 is 14.3 Å². The van der Waals surface area contributed by atoms with Crippen molar-refractivity contribution >= 4 is 17.5 Å². The van der Waals surface area contributed by atoms with Gasteiger partial charge in [0, 0.05) is 11.9 Å². The molecule has 2 unspecified atom stereocenters. The Morgan fingerprint density at radius 2 is 2.28 bits per heavy atom. The average Bonchev–Trinajstić information content (AvgIpc) is 2.76. The summed E-state index contributed by atoms with van der Waals surface area (Å²) in [6, 6.07) is 3.78. The molecule has 0 bridgehead atoms. The van der Waals surface area contributed by atoms with Gasteiger partial charge < -0.3 is 10.4 Å². The first-order chi connectivity index (χ1) is 8.63. The standard InChI is InChI=1S/C13H15ClFNO2/c14-7-8-3-1-5-10(8)16-13(18)12-9(15)4-2-6-11(12)17/h2,4,6,8,10,17H,1,3,5,7H2,(H,16,18). The van der Waals surface area contributed by atoms with Crippen LogP contribution < -0.4 is 5.32 Å². The molecule has 0 aliphatic heterocycles. The molecular weight excluding hydrogens is 257 g/mol. The number of rotatable bonds is 3. The molecule has 2 rings (SSSR count). The van der Waals surface area contributed by atoms with Crippen molar-refractivity contribution in [3.8, 4) is 5.75 Å². The minimum Gasteiger partial charge on any atom is -0.507 e. The summed E-state index contributed by atoms with van der Waals surface area (Å²) in [6.45, 7) is 0. The number of hydrogen-bond acceptors (Lipinski definition) is 2. The van der Waals surface area contributed by atoms with E-state index in [9.17, 15) is 14.3 Å². The number of phenols is 1. The van der Waals surface area contributed by atoms with E-state index in [1.807, 2.05) is 0 Å². The fourth-order valence-corrected chi connectivity index (χ4v) is 2.76. The number of carbonyl (C=O) groups excluding carboxylic acids is 1. The molecule has 98 valence electrons. The summed E-state index contributed by atoms with van der Waals surface area (Å²) in [5.74, 6) is -0.924. The Labute approximate surface area is 110 Å². The predicted molar refractivity (Wildman–Crippen MR) is 67.4 cm³/mol. The van der Waals surface area contributed by atoms with Crippen LogP contribution in [0.1, 0.15) is 29.6 Å². The molecule has 5 heteroatoms. The van der Waals surface area contributed by atoms with E-state index < -0.39 is 11.7 Å². The van der Waals surface area contributed by atoms with Crippen LogP contribution in [0, 0.1) is 11.7 Å². The first kappa shape index (κ1) is 13.1. The number of amides is 1. The van der Waals surface area contributed by atoms with Crippen LogP contribution in [0.2, 0.25) is 0 Å². The topological polar surface area (TPSA) is 49.3 Å². The molecule has 1 saturated carbocycles. The maximum absolute atomic E-state index is 13.5. The second-order valence-corrected chi connectivity index (χ2v) is 4.87. The number of alkyl halides is 1. The van der Waals surface area contributed by atoms with Gasteiger partial charge in [0.05, 0.1) is 0 Å². The molecule has 2 atom stereocenters. The normalized spacial score (nSPS) is 23.0. The van der Waals surface area contributed by atoms with Crippen LogP contribution in [0.25, 0.3) is 0 Å². The third-order valence-corrected chi connectivity index (χ3v) is 3.79. The fraction of sp³-hybridized carbons (Fsp3) is 0.462. The lowest BCUT2D eigenvalue weighted by atomic mass is 10.1. The van der Waals surface area contributed by atoms with E-state index in [1.54, 1.807) is 0 Å². The highest BCUT2D eigenvalue weighted by atomic mass is 35.5. The molecule has 18 heavy (non-hydrogen) atoms. The summed E-state index contributed by atoms with van der Waals surface area (Å²) in [6.07, 6.45) is 2.82. The van der Waals surface area contributed by atoms with E-state index in [1.165, 1.54) is 12.1 Å². The highest BCUT2D eigenvalue weighted by molar-refractivity contribution is 6.18. The van der Waals surface area contributed by atoms with Gasteiger partial charge in [0.25, 0.3) is 5.91 Å². The van der Waals surface area contributed by atoms with Crippen LogP contribution in [0.3, 0.4) is 0 Å². The van der Waals surface area contributed by atoms with Crippen LogP contribution in [-0.4, -0.2) is 22.9 Å². The Morgan fingerprint density at radius 1 is 1.50 bits per heavy atom. The quantitative estimate of drug-likeness (QED) is 0.831. The van der Waals surface area contributed by atoms with Crippen LogP contribution in [0.5, 0.6) is 5.75 Å². The van der Waals surface area contributed by atoms with Crippen molar-refractivity contribution in [1.82, 2.24) is 5.32 Å². The molecule has 0 spiro atoms. The summed E-state index contributed by atoms with van der Waals surface area (Å²) < 4.78 is 13.5. The van der Waals surface area contributed by atoms with Crippen LogP contribution in [0.15, 0.2) is 18.2 Å². The summed E-state index contributed by atoms with van der Waals surface area (Å²) in [4.78, 5) is 11.9. The van der Waals surface area contributed by atoms with Crippen molar-refractivity contribution in [2.75, 3.05) is 5.88 Å². The van der Waals surface area contributed by atoms with Crippen molar-refractivity contribution in [2.45, 2.75) is 25.3 Å². The third kappa shape index (κ3) is 2.58. The molecule has 1 amide bonds. The van der Waals surface area contributed by atoms with E-state index in [-0.39, 0.29) is 23.3 Å². The monoisotopic (exact) mass is 271 g/mol. The number of aromatic hydroxyl groups is 1. The fourth-order valence-electron chi connectivity index (χ4n) is 2.39. The highest BCUT2D eigenvalue weighted by Gasteiger charge is 2.29. The zero-order valence-corrected chi connectivity index (χ0v) is 10.6. The van der Waals surface area contributed by atoms with E-state index >= 15 is 0 Å². The first-order valence-electron chi connectivity index (χ1n) is 5.97. The Kier molecular flexibility index (Phi) is 4.07. The number of benzene rings is 1. The van der Waals surface area contributed by atoms with Gasteiger partial charge in [-0.15, -0.1) is 11.6 Å². The molecule has 2 N–H and O–H groups in total. The molecule has 1 aliphatic carbocycles. The van der Waals surface area contributed by atoms with Crippen molar-refractivity contribution in [1.29, 1.82) is 0 Å². The smallest absolute Gasteiger partial charge is 0.258 e. The summed E-state index contributed by atoms with van der Waals surface area (Å²) in [5.41, 5.74) is -0.294. The Bertz CT molecular complexity index is 432. The van der Waals surface area contributed by atoms with Gasteiger partial charge in [0.1, 0.15) is 17.1 Å². The Morgan fingerprint density at radius 3 is 2.94 bits per heavy atom. The molecule has 1 aliphatic rings. The van der Waals surface area contributed by atoms with E-state index in [2.05, 4.69) is 5.32 Å². The third-order valence-electron chi connectivity index (χ3n) is 3.39. The zero-order valence-electron chi connectivity index (χ0n) is 9.83. The first-order valence-corrected chi connectivity index (χ1v) is 6.51. The molecule has 0 heterocycles. The minimum absolute atomic E-state index is 0.0333. The highest BCUT2D eigenvalue weighted by Crippen LogP contribution is 2.28. The molecular formula is C13H15ClFNO2. The van der Waals surface area contributed by atoms with E-state index in [0.717, 1.165) is 25.3 Å². The molecule has 0 saturated heterocycles. The Balaban J connectivity index is 2.12. The van der Waals surface area contributed by atoms with Gasteiger partial charge in [-0.2, -0.15) is 0 Å². The molecule has 0 radical (unpaired) electrons. The summed E-state index contributed by atoms with van der Waals surface area (Å²) >= 11 is 5.82. The number of halogens is 2.